The summed E-state index contributed by atoms with van der Waals surface area (Å²) in [7, 11) is 0. The molecular weight excluding hydrogens is 260 g/mol. The van der Waals surface area contributed by atoms with Crippen molar-refractivity contribution in [1.82, 2.24) is 10.2 Å². The standard InChI is InChI=1S/C18H36N2O/c1-14(2)11-16-13-20(18(12-19-16)15(3)4)9-10-21-17-7-5-6-8-17/h14-19H,5-13H2,1-4H3. The Bertz CT molecular complexity index is 287. The SMILES string of the molecule is CC(C)CC1CN(CCOC2CCCC2)C(C(C)C)CN1. The van der Waals surface area contributed by atoms with Gasteiger partial charge in [0.15, 0.2) is 0 Å². The Labute approximate surface area is 131 Å². The van der Waals surface area contributed by atoms with Gasteiger partial charge in [0.2, 0.25) is 0 Å². The molecule has 21 heavy (non-hydrogen) atoms. The van der Waals surface area contributed by atoms with Crippen LogP contribution in [0.2, 0.25) is 0 Å². The first-order valence-corrected chi connectivity index (χ1v) is 9.15. The van der Waals surface area contributed by atoms with Gasteiger partial charge in [-0.05, 0) is 31.1 Å². The highest BCUT2D eigenvalue weighted by molar-refractivity contribution is 4.88. The second-order valence-electron chi connectivity index (χ2n) is 7.82. The number of nitrogens with zero attached hydrogens (tertiary/aromatic N) is 1. The van der Waals surface area contributed by atoms with Crippen LogP contribution in [0.3, 0.4) is 0 Å². The van der Waals surface area contributed by atoms with Crippen LogP contribution in [0.15, 0.2) is 0 Å². The highest BCUT2D eigenvalue weighted by Gasteiger charge is 2.30. The van der Waals surface area contributed by atoms with E-state index in [-0.39, 0.29) is 0 Å². The van der Waals surface area contributed by atoms with Gasteiger partial charge in [0.1, 0.15) is 0 Å². The third-order valence-corrected chi connectivity index (χ3v) is 5.10. The molecule has 3 nitrogen and oxygen atoms in total. The Morgan fingerprint density at radius 2 is 1.86 bits per heavy atom. The molecule has 1 saturated carbocycles. The summed E-state index contributed by atoms with van der Waals surface area (Å²) in [6.45, 7) is 13.7. The van der Waals surface area contributed by atoms with Crippen molar-refractivity contribution in [3.8, 4) is 0 Å². The van der Waals surface area contributed by atoms with Gasteiger partial charge in [0, 0.05) is 31.7 Å². The Kier molecular flexibility index (Phi) is 6.97. The summed E-state index contributed by atoms with van der Waals surface area (Å²) in [5.74, 6) is 1.48. The predicted octanol–water partition coefficient (Wildman–Crippen LogP) is 3.29. The number of piperazine rings is 1. The van der Waals surface area contributed by atoms with E-state index in [1.54, 1.807) is 0 Å². The van der Waals surface area contributed by atoms with Crippen LogP contribution in [0.25, 0.3) is 0 Å². The number of rotatable bonds is 7. The molecule has 3 heteroatoms. The third kappa shape index (κ3) is 5.54. The zero-order chi connectivity index (χ0) is 15.2. The van der Waals surface area contributed by atoms with E-state index in [4.69, 9.17) is 4.74 Å². The average molecular weight is 296 g/mol. The average Bonchev–Trinajstić information content (AvgIpc) is 2.91. The molecule has 1 aliphatic heterocycles. The quantitative estimate of drug-likeness (QED) is 0.780. The van der Waals surface area contributed by atoms with E-state index in [0.29, 0.717) is 24.1 Å². The molecule has 2 atom stereocenters. The van der Waals surface area contributed by atoms with E-state index < -0.39 is 0 Å². The fourth-order valence-electron chi connectivity index (χ4n) is 3.93. The van der Waals surface area contributed by atoms with Gasteiger partial charge in [-0.15, -0.1) is 0 Å². The summed E-state index contributed by atoms with van der Waals surface area (Å²) in [5.41, 5.74) is 0. The Morgan fingerprint density at radius 1 is 1.14 bits per heavy atom. The van der Waals surface area contributed by atoms with Gasteiger partial charge in [0.05, 0.1) is 12.7 Å². The lowest BCUT2D eigenvalue weighted by Crippen LogP contribution is -2.59. The van der Waals surface area contributed by atoms with Crippen LogP contribution in [0, 0.1) is 11.8 Å². The largest absolute Gasteiger partial charge is 0.377 e. The second-order valence-corrected chi connectivity index (χ2v) is 7.82. The normalized spacial score (nSPS) is 28.9. The van der Waals surface area contributed by atoms with Crippen molar-refractivity contribution >= 4 is 0 Å². The van der Waals surface area contributed by atoms with Crippen LogP contribution in [-0.4, -0.2) is 49.3 Å². The fraction of sp³-hybridized carbons (Fsp3) is 1.00. The van der Waals surface area contributed by atoms with Gasteiger partial charge in [-0.25, -0.2) is 0 Å². The maximum absolute atomic E-state index is 6.09. The van der Waals surface area contributed by atoms with Gasteiger partial charge in [-0.2, -0.15) is 0 Å². The Balaban J connectivity index is 1.78. The first-order valence-electron chi connectivity index (χ1n) is 9.15. The smallest absolute Gasteiger partial charge is 0.0597 e. The molecule has 0 aromatic rings. The first-order chi connectivity index (χ1) is 10.1. The van der Waals surface area contributed by atoms with E-state index in [1.807, 2.05) is 0 Å². The van der Waals surface area contributed by atoms with Crippen molar-refractivity contribution in [2.75, 3.05) is 26.2 Å². The van der Waals surface area contributed by atoms with E-state index in [9.17, 15) is 0 Å². The minimum Gasteiger partial charge on any atom is -0.377 e. The number of hydrogen-bond donors (Lipinski definition) is 1. The molecule has 1 saturated heterocycles. The van der Waals surface area contributed by atoms with E-state index in [2.05, 4.69) is 37.9 Å². The van der Waals surface area contributed by atoms with Crippen LogP contribution in [0.5, 0.6) is 0 Å². The molecule has 2 rings (SSSR count). The van der Waals surface area contributed by atoms with E-state index in [1.165, 1.54) is 38.6 Å². The van der Waals surface area contributed by atoms with Crippen LogP contribution in [0.1, 0.15) is 59.8 Å². The molecule has 0 bridgehead atoms. The summed E-state index contributed by atoms with van der Waals surface area (Å²) >= 11 is 0. The topological polar surface area (TPSA) is 24.5 Å². The lowest BCUT2D eigenvalue weighted by Gasteiger charge is -2.43. The van der Waals surface area contributed by atoms with Crippen molar-refractivity contribution in [3.63, 3.8) is 0 Å². The summed E-state index contributed by atoms with van der Waals surface area (Å²) in [6.07, 6.45) is 7.13. The molecule has 2 fully saturated rings. The highest BCUT2D eigenvalue weighted by Crippen LogP contribution is 2.22. The molecule has 0 aromatic carbocycles. The van der Waals surface area contributed by atoms with Crippen LogP contribution in [-0.2, 0) is 4.74 Å². The van der Waals surface area contributed by atoms with Crippen molar-refractivity contribution < 1.29 is 4.74 Å². The summed E-state index contributed by atoms with van der Waals surface area (Å²) in [6, 6.07) is 1.33. The minimum atomic E-state index is 0.553. The van der Waals surface area contributed by atoms with Crippen molar-refractivity contribution in [3.05, 3.63) is 0 Å². The van der Waals surface area contributed by atoms with Crippen LogP contribution < -0.4 is 5.32 Å². The first kappa shape index (κ1) is 17.2. The second kappa shape index (κ2) is 8.50. The van der Waals surface area contributed by atoms with Crippen molar-refractivity contribution in [2.24, 2.45) is 11.8 Å². The Hall–Kier alpha value is -0.120. The van der Waals surface area contributed by atoms with Gasteiger partial charge in [-0.3, -0.25) is 4.90 Å². The lowest BCUT2D eigenvalue weighted by atomic mass is 9.95. The molecule has 1 aliphatic carbocycles. The monoisotopic (exact) mass is 296 g/mol. The van der Waals surface area contributed by atoms with Crippen LogP contribution >= 0.6 is 0 Å². The van der Waals surface area contributed by atoms with Gasteiger partial charge >= 0.3 is 0 Å². The van der Waals surface area contributed by atoms with Crippen molar-refractivity contribution in [2.45, 2.75) is 78.0 Å². The summed E-state index contributed by atoms with van der Waals surface area (Å²) < 4.78 is 6.09. The minimum absolute atomic E-state index is 0.553. The summed E-state index contributed by atoms with van der Waals surface area (Å²) in [4.78, 5) is 2.68. The molecule has 2 unspecified atom stereocenters. The molecule has 0 radical (unpaired) electrons. The zero-order valence-electron chi connectivity index (χ0n) is 14.6. The molecule has 1 N–H and O–H groups in total. The lowest BCUT2D eigenvalue weighted by molar-refractivity contribution is 0.0150. The third-order valence-electron chi connectivity index (χ3n) is 5.10. The Morgan fingerprint density at radius 3 is 2.48 bits per heavy atom. The highest BCUT2D eigenvalue weighted by atomic mass is 16.5. The molecule has 124 valence electrons. The molecular formula is C18H36N2O. The van der Waals surface area contributed by atoms with Gasteiger partial charge in [0.25, 0.3) is 0 Å². The molecule has 0 aromatic heterocycles. The molecule has 0 spiro atoms. The van der Waals surface area contributed by atoms with E-state index in [0.717, 1.165) is 25.6 Å². The maximum Gasteiger partial charge on any atom is 0.0597 e. The maximum atomic E-state index is 6.09. The van der Waals surface area contributed by atoms with Crippen molar-refractivity contribution in [1.29, 1.82) is 0 Å². The van der Waals surface area contributed by atoms with Gasteiger partial charge < -0.3 is 10.1 Å². The van der Waals surface area contributed by atoms with E-state index >= 15 is 0 Å². The number of hydrogen-bond acceptors (Lipinski definition) is 3. The number of ether oxygens (including phenoxy) is 1. The van der Waals surface area contributed by atoms with Gasteiger partial charge in [-0.1, -0.05) is 40.5 Å². The molecule has 1 heterocycles. The van der Waals surface area contributed by atoms with Crippen LogP contribution in [0.4, 0.5) is 0 Å². The fourth-order valence-corrected chi connectivity index (χ4v) is 3.93. The predicted molar refractivity (Wildman–Crippen MR) is 89.7 cm³/mol. The summed E-state index contributed by atoms with van der Waals surface area (Å²) in [5, 5.41) is 3.76. The molecule has 2 aliphatic rings. The number of nitrogens with one attached hydrogen (secondary N) is 1. The molecule has 0 amide bonds. The zero-order valence-corrected chi connectivity index (χ0v) is 14.6.